The van der Waals surface area contributed by atoms with Crippen molar-refractivity contribution < 1.29 is 4.79 Å². The number of nitrogen functional groups attached to an aromatic ring is 1. The predicted octanol–water partition coefficient (Wildman–Crippen LogP) is 1.24. The Balaban J connectivity index is 2.03. The Hall–Kier alpha value is -0.950. The number of nitrogens with one attached hydrogen (secondary N) is 2. The molecule has 1 fully saturated rings. The average Bonchev–Trinajstić information content (AvgIpc) is 2.49. The maximum atomic E-state index is 11.5. The van der Waals surface area contributed by atoms with Gasteiger partial charge in [-0.2, -0.15) is 0 Å². The first-order chi connectivity index (χ1) is 9.61. The summed E-state index contributed by atoms with van der Waals surface area (Å²) in [6.45, 7) is 3.05. The van der Waals surface area contributed by atoms with E-state index in [1.165, 1.54) is 18.4 Å². The number of benzene rings is 1. The van der Waals surface area contributed by atoms with E-state index in [1.54, 1.807) is 6.07 Å². The van der Waals surface area contributed by atoms with Gasteiger partial charge in [0.2, 0.25) is 0 Å². The first-order valence-corrected chi connectivity index (χ1v) is 7.61. The second-order valence-electron chi connectivity index (χ2n) is 5.18. The molecule has 2 rings (SSSR count). The van der Waals surface area contributed by atoms with Crippen LogP contribution in [0, 0.1) is 0 Å². The first kappa shape index (κ1) is 15.4. The average molecular weight is 341 g/mol. The highest BCUT2D eigenvalue weighted by Gasteiger charge is 2.18. The van der Waals surface area contributed by atoms with E-state index in [4.69, 9.17) is 5.84 Å². The third-order valence-corrected chi connectivity index (χ3v) is 4.54. The van der Waals surface area contributed by atoms with Crippen LogP contribution < -0.4 is 16.6 Å². The zero-order valence-electron chi connectivity index (χ0n) is 11.7. The van der Waals surface area contributed by atoms with Gasteiger partial charge in [-0.1, -0.05) is 22.0 Å². The molecular weight excluding hydrogens is 320 g/mol. The molecule has 6 heteroatoms. The number of hydrogen-bond acceptors (Lipinski definition) is 4. The lowest BCUT2D eigenvalue weighted by atomic mass is 10.0. The zero-order chi connectivity index (χ0) is 14.5. The number of rotatable bonds is 4. The molecule has 1 amide bonds. The number of nitrogens with zero attached hydrogens (tertiary/aromatic N) is 1. The van der Waals surface area contributed by atoms with Crippen LogP contribution in [0.15, 0.2) is 22.7 Å². The second-order valence-corrected chi connectivity index (χ2v) is 6.03. The molecule has 0 saturated carbocycles. The van der Waals surface area contributed by atoms with Gasteiger partial charge in [0.1, 0.15) is 0 Å². The number of carbonyl (C=O) groups excluding carboxylic acids is 1. The third kappa shape index (κ3) is 3.79. The maximum absolute atomic E-state index is 11.5. The van der Waals surface area contributed by atoms with Gasteiger partial charge in [0.25, 0.3) is 5.91 Å². The Morgan fingerprint density at radius 1 is 1.50 bits per heavy atom. The molecule has 110 valence electrons. The van der Waals surface area contributed by atoms with Gasteiger partial charge in [-0.05, 0) is 50.7 Å². The van der Waals surface area contributed by atoms with Crippen LogP contribution in [0.4, 0.5) is 0 Å². The van der Waals surface area contributed by atoms with E-state index in [2.05, 4.69) is 38.6 Å². The van der Waals surface area contributed by atoms with Gasteiger partial charge in [-0.25, -0.2) is 5.84 Å². The van der Waals surface area contributed by atoms with Crippen LogP contribution >= 0.6 is 15.9 Å². The molecule has 20 heavy (non-hydrogen) atoms. The molecule has 0 spiro atoms. The number of halogens is 1. The fraction of sp³-hybridized carbons (Fsp3) is 0.500. The minimum Gasteiger partial charge on any atom is -0.317 e. The molecule has 0 aliphatic carbocycles. The first-order valence-electron chi connectivity index (χ1n) is 6.82. The molecule has 0 bridgehead atoms. The summed E-state index contributed by atoms with van der Waals surface area (Å²) >= 11 is 3.54. The van der Waals surface area contributed by atoms with Crippen molar-refractivity contribution in [2.24, 2.45) is 5.84 Å². The lowest BCUT2D eigenvalue weighted by Gasteiger charge is -2.31. The molecule has 5 nitrogen and oxygen atoms in total. The molecule has 4 N–H and O–H groups in total. The van der Waals surface area contributed by atoms with Crippen LogP contribution in [0.25, 0.3) is 0 Å². The van der Waals surface area contributed by atoms with Crippen LogP contribution in [0.5, 0.6) is 0 Å². The van der Waals surface area contributed by atoms with Crippen LogP contribution in [-0.2, 0) is 6.54 Å². The van der Waals surface area contributed by atoms with Crippen LogP contribution in [0.3, 0.4) is 0 Å². The highest BCUT2D eigenvalue weighted by atomic mass is 79.9. The summed E-state index contributed by atoms with van der Waals surface area (Å²) in [7, 11) is 2.16. The Kier molecular flexibility index (Phi) is 5.54. The molecule has 0 radical (unpaired) electrons. The van der Waals surface area contributed by atoms with Crippen molar-refractivity contribution in [3.05, 3.63) is 33.8 Å². The molecule has 1 aromatic rings. The molecule has 1 saturated heterocycles. The molecule has 0 aromatic heterocycles. The standard InChI is InChI=1S/C14H21BrN4O/c1-19(12-4-6-17-7-5-12)9-11-3-2-10(8-13(11)15)14(20)18-16/h2-3,8,12,17H,4-7,9,16H2,1H3,(H,18,20). The number of hydrogen-bond donors (Lipinski definition) is 3. The van der Waals surface area contributed by atoms with Crippen molar-refractivity contribution >= 4 is 21.8 Å². The molecule has 0 unspecified atom stereocenters. The summed E-state index contributed by atoms with van der Waals surface area (Å²) in [5.74, 6) is 4.87. The lowest BCUT2D eigenvalue weighted by molar-refractivity contribution is 0.0953. The summed E-state index contributed by atoms with van der Waals surface area (Å²) in [4.78, 5) is 13.9. The van der Waals surface area contributed by atoms with Crippen LogP contribution in [-0.4, -0.2) is 37.0 Å². The molecule has 1 aliphatic heterocycles. The highest BCUT2D eigenvalue weighted by molar-refractivity contribution is 9.10. The van der Waals surface area contributed by atoms with E-state index in [1.807, 2.05) is 12.1 Å². The topological polar surface area (TPSA) is 70.4 Å². The summed E-state index contributed by atoms with van der Waals surface area (Å²) in [6, 6.07) is 6.22. The Bertz CT molecular complexity index is 474. The SMILES string of the molecule is CN(Cc1ccc(C(=O)NN)cc1Br)C1CCNCC1. The van der Waals surface area contributed by atoms with Gasteiger partial charge in [0.15, 0.2) is 0 Å². The van der Waals surface area contributed by atoms with Crippen molar-refractivity contribution in [2.45, 2.75) is 25.4 Å². The molecule has 0 atom stereocenters. The van der Waals surface area contributed by atoms with E-state index in [0.29, 0.717) is 11.6 Å². The van der Waals surface area contributed by atoms with Gasteiger partial charge >= 0.3 is 0 Å². The minimum atomic E-state index is -0.274. The molecule has 1 heterocycles. The van der Waals surface area contributed by atoms with E-state index < -0.39 is 0 Å². The summed E-state index contributed by atoms with van der Waals surface area (Å²) in [5, 5.41) is 3.38. The van der Waals surface area contributed by atoms with E-state index in [-0.39, 0.29) is 5.91 Å². The fourth-order valence-electron chi connectivity index (χ4n) is 2.55. The van der Waals surface area contributed by atoms with Crippen molar-refractivity contribution in [1.82, 2.24) is 15.6 Å². The molecule has 1 aliphatic rings. The largest absolute Gasteiger partial charge is 0.317 e. The van der Waals surface area contributed by atoms with Crippen molar-refractivity contribution in [3.8, 4) is 0 Å². The molecule has 1 aromatic carbocycles. The number of nitrogens with two attached hydrogens (primary N) is 1. The highest BCUT2D eigenvalue weighted by Crippen LogP contribution is 2.22. The second kappa shape index (κ2) is 7.17. The third-order valence-electron chi connectivity index (χ3n) is 3.80. The quantitative estimate of drug-likeness (QED) is 0.438. The maximum Gasteiger partial charge on any atom is 0.265 e. The smallest absolute Gasteiger partial charge is 0.265 e. The van der Waals surface area contributed by atoms with Crippen molar-refractivity contribution in [2.75, 3.05) is 20.1 Å². The van der Waals surface area contributed by atoms with Gasteiger partial charge < -0.3 is 5.32 Å². The number of carbonyl (C=O) groups is 1. The molecular formula is C14H21BrN4O. The van der Waals surface area contributed by atoms with E-state index >= 15 is 0 Å². The van der Waals surface area contributed by atoms with Gasteiger partial charge in [0, 0.05) is 22.6 Å². The van der Waals surface area contributed by atoms with Gasteiger partial charge in [0.05, 0.1) is 0 Å². The minimum absolute atomic E-state index is 0.274. The Morgan fingerprint density at radius 2 is 2.20 bits per heavy atom. The van der Waals surface area contributed by atoms with Gasteiger partial charge in [-0.15, -0.1) is 0 Å². The number of hydrazine groups is 1. The number of piperidine rings is 1. The monoisotopic (exact) mass is 340 g/mol. The Labute approximate surface area is 128 Å². The van der Waals surface area contributed by atoms with Crippen LogP contribution in [0.1, 0.15) is 28.8 Å². The van der Waals surface area contributed by atoms with Crippen LogP contribution in [0.2, 0.25) is 0 Å². The van der Waals surface area contributed by atoms with Gasteiger partial charge in [-0.3, -0.25) is 15.1 Å². The fourth-order valence-corrected chi connectivity index (χ4v) is 3.05. The summed E-state index contributed by atoms with van der Waals surface area (Å²) < 4.78 is 0.944. The Morgan fingerprint density at radius 3 is 2.80 bits per heavy atom. The van der Waals surface area contributed by atoms with Crippen molar-refractivity contribution in [1.29, 1.82) is 0 Å². The predicted molar refractivity (Wildman–Crippen MR) is 83.2 cm³/mol. The summed E-state index contributed by atoms with van der Waals surface area (Å²) in [5.41, 5.74) is 3.89. The normalized spacial score (nSPS) is 16.4. The number of amides is 1. The van der Waals surface area contributed by atoms with Crippen molar-refractivity contribution in [3.63, 3.8) is 0 Å². The lowest BCUT2D eigenvalue weighted by Crippen LogP contribution is -2.40. The van der Waals surface area contributed by atoms with E-state index in [0.717, 1.165) is 24.1 Å². The summed E-state index contributed by atoms with van der Waals surface area (Å²) in [6.07, 6.45) is 2.36. The zero-order valence-corrected chi connectivity index (χ0v) is 13.2. The van der Waals surface area contributed by atoms with E-state index in [9.17, 15) is 4.79 Å².